The van der Waals surface area contributed by atoms with E-state index in [2.05, 4.69) is 166 Å². The van der Waals surface area contributed by atoms with Gasteiger partial charge in [0.15, 0.2) is 0 Å². The first kappa shape index (κ1) is 55.8. The molecular weight excluding hydrogens is 1300 g/mol. The van der Waals surface area contributed by atoms with E-state index in [4.69, 9.17) is 24.2 Å². The van der Waals surface area contributed by atoms with Crippen LogP contribution >= 0.6 is 0 Å². The first-order valence-corrected chi connectivity index (χ1v) is 25.4. The topological polar surface area (TPSA) is 79.3 Å². The van der Waals surface area contributed by atoms with Crippen molar-refractivity contribution < 1.29 is 56.3 Å². The quantitative estimate of drug-likeness (QED) is 0.121. The molecule has 76 heavy (non-hydrogen) atoms. The molecule has 0 fully saturated rings. The van der Waals surface area contributed by atoms with Crippen LogP contribution in [-0.2, 0) is 63.8 Å². The Hall–Kier alpha value is -6.46. The number of benzene rings is 5. The van der Waals surface area contributed by atoms with E-state index in [1.54, 1.807) is 0 Å². The maximum Gasteiger partial charge on any atom is 2.00 e. The van der Waals surface area contributed by atoms with E-state index in [-0.39, 0.29) is 70.5 Å². The van der Waals surface area contributed by atoms with Crippen LogP contribution in [-0.4, -0.2) is 26.6 Å². The van der Waals surface area contributed by atoms with Gasteiger partial charge in [-0.05, 0) is 103 Å². The summed E-state index contributed by atoms with van der Waals surface area (Å²) in [6, 6.07) is 56.9. The molecule has 0 unspecified atom stereocenters. The van der Waals surface area contributed by atoms with E-state index in [1.165, 1.54) is 22.3 Å². The fraction of sp³-hybridized carbons (Fsp3) is 0.242. The third-order valence-electron chi connectivity index (χ3n) is 13.6. The second-order valence-electron chi connectivity index (χ2n) is 23.3. The average Bonchev–Trinajstić information content (AvgIpc) is 3.38. The summed E-state index contributed by atoms with van der Waals surface area (Å²) in [5.41, 5.74) is 15.2. The van der Waals surface area contributed by atoms with Gasteiger partial charge in [0, 0.05) is 53.2 Å². The predicted octanol–water partition coefficient (Wildman–Crippen LogP) is 14.5. The SMILES string of the molecule is CC(C)(C)c1ccnc(-c2[c-]c(Oc3[c-]c(-c4cc(C(C)(C)C)ccn4)ccc3)ccc2)c1.CC(C)(C)c1ccnc(-c2[c-]c3c(cc2)Oc2cccc4c2B3c2[c-]c(-c3cc(C(C)(C)C)ccn3)ccc2O4)c1.[Pt+2].[Pt+2]. The summed E-state index contributed by atoms with van der Waals surface area (Å²) >= 11 is 0. The number of hydrogen-bond acceptors (Lipinski definition) is 7. The van der Waals surface area contributed by atoms with Gasteiger partial charge in [-0.15, -0.1) is 106 Å². The van der Waals surface area contributed by atoms with Crippen LogP contribution in [0.5, 0.6) is 34.5 Å². The van der Waals surface area contributed by atoms with E-state index in [0.29, 0.717) is 11.5 Å². The number of fused-ring (bicyclic) bond motifs is 4. The van der Waals surface area contributed by atoms with Gasteiger partial charge in [0.05, 0.1) is 0 Å². The molecule has 11 rings (SSSR count). The number of aromatic nitrogens is 4. The third-order valence-corrected chi connectivity index (χ3v) is 13.6. The summed E-state index contributed by atoms with van der Waals surface area (Å²) in [4.78, 5) is 18.5. The molecule has 2 aliphatic rings. The zero-order valence-electron chi connectivity index (χ0n) is 45.2. The minimum absolute atomic E-state index is 0. The molecular formula is C66H61BN4O3Pt2. The Bertz CT molecular complexity index is 3340. The van der Waals surface area contributed by atoms with E-state index in [0.717, 1.165) is 84.4 Å². The van der Waals surface area contributed by atoms with E-state index >= 15 is 0 Å². The fourth-order valence-electron chi connectivity index (χ4n) is 9.17. The number of rotatable bonds is 6. The van der Waals surface area contributed by atoms with E-state index in [9.17, 15) is 0 Å². The van der Waals surface area contributed by atoms with Crippen molar-refractivity contribution in [3.63, 3.8) is 0 Å². The molecule has 0 bridgehead atoms. The van der Waals surface area contributed by atoms with Gasteiger partial charge < -0.3 is 34.1 Å². The summed E-state index contributed by atoms with van der Waals surface area (Å²) in [5.74, 6) is 4.42. The second kappa shape index (κ2) is 21.9. The summed E-state index contributed by atoms with van der Waals surface area (Å²) < 4.78 is 19.0. The number of ether oxygens (including phenoxy) is 3. The standard InChI is InChI=1S/C36H31BN2O2.C30H30N2O.2Pt/c1-35(2,3)24-14-16-38-28(20-24)22-10-12-30-26(18-22)37-27-19-23(29-21-25(15-17-39-29)36(4,5)6)11-13-31(27)41-33-9-7-8-32(40-30)34(33)37;1-29(2,3)23-13-15-31-27(19-23)21-9-7-11-25(17-21)33-26-12-8-10-22(18-26)28-20-24(14-16-32-28)30(4,5)6;;/h7-17,20-21H,1-6H3;7-16,19-20H,1-6H3;;/q2*-2;2*+2. The second-order valence-corrected chi connectivity index (χ2v) is 23.3. The minimum atomic E-state index is -0.148. The van der Waals surface area contributed by atoms with Crippen LogP contribution in [0, 0.1) is 24.3 Å². The Morgan fingerprint density at radius 3 is 1.01 bits per heavy atom. The van der Waals surface area contributed by atoms with Gasteiger partial charge in [-0.3, -0.25) is 0 Å². The molecule has 2 aliphatic heterocycles. The fourth-order valence-corrected chi connectivity index (χ4v) is 9.17. The van der Waals surface area contributed by atoms with Crippen molar-refractivity contribution in [3.8, 4) is 79.5 Å². The Morgan fingerprint density at radius 1 is 0.368 bits per heavy atom. The van der Waals surface area contributed by atoms with Gasteiger partial charge in [-0.25, -0.2) is 0 Å². The number of hydrogen-bond donors (Lipinski definition) is 0. The minimum Gasteiger partial charge on any atom is -0.503 e. The van der Waals surface area contributed by atoms with Crippen molar-refractivity contribution in [2.75, 3.05) is 0 Å². The zero-order chi connectivity index (χ0) is 52.2. The molecule has 0 N–H and O–H groups in total. The van der Waals surface area contributed by atoms with E-state index in [1.807, 2.05) is 104 Å². The van der Waals surface area contributed by atoms with Gasteiger partial charge in [-0.2, -0.15) is 0 Å². The van der Waals surface area contributed by atoms with Crippen LogP contribution < -0.4 is 30.6 Å². The molecule has 7 nitrogen and oxygen atoms in total. The molecule has 4 aromatic heterocycles. The molecule has 0 aliphatic carbocycles. The van der Waals surface area contributed by atoms with Gasteiger partial charge >= 0.3 is 42.1 Å². The monoisotopic (exact) mass is 1360 g/mol. The summed E-state index contributed by atoms with van der Waals surface area (Å²) in [6.45, 7) is 26.3. The van der Waals surface area contributed by atoms with Crippen LogP contribution in [0.1, 0.15) is 105 Å². The van der Waals surface area contributed by atoms with E-state index < -0.39 is 0 Å². The van der Waals surface area contributed by atoms with Gasteiger partial charge in [-0.1, -0.05) is 126 Å². The van der Waals surface area contributed by atoms with Crippen LogP contribution in [0.2, 0.25) is 0 Å². The van der Waals surface area contributed by atoms with Crippen LogP contribution in [0.4, 0.5) is 0 Å². The molecule has 0 atom stereocenters. The predicted molar refractivity (Wildman–Crippen MR) is 300 cm³/mol. The van der Waals surface area contributed by atoms with Gasteiger partial charge in [0.1, 0.15) is 11.5 Å². The first-order chi connectivity index (χ1) is 35.2. The molecule has 0 amide bonds. The molecule has 0 saturated carbocycles. The summed E-state index contributed by atoms with van der Waals surface area (Å²) in [6.07, 6.45) is 7.48. The van der Waals surface area contributed by atoms with Crippen molar-refractivity contribution >= 4 is 23.1 Å². The van der Waals surface area contributed by atoms with Crippen molar-refractivity contribution in [2.45, 2.75) is 105 Å². The zero-order valence-corrected chi connectivity index (χ0v) is 49.7. The maximum atomic E-state index is 6.42. The Labute approximate surface area is 479 Å². The van der Waals surface area contributed by atoms with Gasteiger partial charge in [0.2, 0.25) is 6.71 Å². The molecule has 9 aromatic rings. The van der Waals surface area contributed by atoms with Crippen LogP contribution in [0.15, 0.2) is 152 Å². The maximum absolute atomic E-state index is 6.42. The molecule has 6 heterocycles. The first-order valence-electron chi connectivity index (χ1n) is 25.4. The summed E-state index contributed by atoms with van der Waals surface area (Å²) in [5, 5.41) is 0. The average molecular weight is 1360 g/mol. The molecule has 5 aromatic carbocycles. The van der Waals surface area contributed by atoms with Crippen LogP contribution in [0.25, 0.3) is 45.0 Å². The Balaban J connectivity index is 0.000000201. The van der Waals surface area contributed by atoms with Crippen molar-refractivity contribution in [2.24, 2.45) is 0 Å². The van der Waals surface area contributed by atoms with Crippen molar-refractivity contribution in [1.82, 2.24) is 19.9 Å². The normalized spacial score (nSPS) is 12.4. The Morgan fingerprint density at radius 2 is 0.684 bits per heavy atom. The van der Waals surface area contributed by atoms with Crippen molar-refractivity contribution in [3.05, 3.63) is 199 Å². The number of nitrogens with zero attached hydrogens (tertiary/aromatic N) is 4. The van der Waals surface area contributed by atoms with Crippen LogP contribution in [0.3, 0.4) is 0 Å². The molecule has 0 radical (unpaired) electrons. The molecule has 10 heteroatoms. The Kier molecular flexibility index (Phi) is 16.1. The molecule has 0 saturated heterocycles. The molecule has 386 valence electrons. The smallest absolute Gasteiger partial charge is 0.503 e. The molecule has 0 spiro atoms. The van der Waals surface area contributed by atoms with Crippen molar-refractivity contribution in [1.29, 1.82) is 0 Å². The summed E-state index contributed by atoms with van der Waals surface area (Å²) in [7, 11) is 0. The van der Waals surface area contributed by atoms with Gasteiger partial charge in [0.25, 0.3) is 0 Å². The largest absolute Gasteiger partial charge is 2.00 e. The number of pyridine rings is 4. The third kappa shape index (κ3) is 12.0.